The Labute approximate surface area is 147 Å². The highest BCUT2D eigenvalue weighted by Crippen LogP contribution is 2.18. The summed E-state index contributed by atoms with van der Waals surface area (Å²) in [6.45, 7) is 2.58. The van der Waals surface area contributed by atoms with Gasteiger partial charge in [0.05, 0.1) is 19.2 Å². The number of rotatable bonds is 6. The maximum atomic E-state index is 12.1. The molecule has 0 heterocycles. The normalized spacial score (nSPS) is 10.9. The van der Waals surface area contributed by atoms with Gasteiger partial charge in [-0.1, -0.05) is 42.5 Å². The molecule has 0 radical (unpaired) electrons. The quantitative estimate of drug-likeness (QED) is 0.549. The molecular formula is C21H20N2O2. The van der Waals surface area contributed by atoms with Crippen LogP contribution in [0, 0.1) is 0 Å². The van der Waals surface area contributed by atoms with E-state index < -0.39 is 0 Å². The zero-order valence-corrected chi connectivity index (χ0v) is 14.1. The number of nitrogens with one attached hydrogen (secondary N) is 1. The van der Waals surface area contributed by atoms with E-state index in [-0.39, 0.29) is 5.91 Å². The first-order chi connectivity index (χ1) is 12.3. The Balaban J connectivity index is 1.60. The third-order valence-electron chi connectivity index (χ3n) is 3.82. The highest BCUT2D eigenvalue weighted by Gasteiger charge is 2.05. The van der Waals surface area contributed by atoms with Gasteiger partial charge in [0.25, 0.3) is 0 Å². The van der Waals surface area contributed by atoms with Gasteiger partial charge >= 0.3 is 0 Å². The third-order valence-corrected chi connectivity index (χ3v) is 3.82. The smallest absolute Gasteiger partial charge is 0.244 e. The molecule has 0 spiro atoms. The maximum Gasteiger partial charge on any atom is 0.244 e. The number of fused-ring (bicyclic) bond motifs is 1. The zero-order chi connectivity index (χ0) is 17.5. The summed E-state index contributed by atoms with van der Waals surface area (Å²) >= 11 is 0. The van der Waals surface area contributed by atoms with Gasteiger partial charge in [0.2, 0.25) is 5.91 Å². The summed E-state index contributed by atoms with van der Waals surface area (Å²) < 4.78 is 5.39. The lowest BCUT2D eigenvalue weighted by Gasteiger charge is -2.05. The molecule has 3 rings (SSSR count). The first-order valence-electron chi connectivity index (χ1n) is 8.27. The molecule has 0 unspecified atom stereocenters. The van der Waals surface area contributed by atoms with Crippen molar-refractivity contribution in [2.45, 2.75) is 13.3 Å². The van der Waals surface area contributed by atoms with Crippen molar-refractivity contribution in [3.8, 4) is 5.75 Å². The highest BCUT2D eigenvalue weighted by atomic mass is 16.5. The van der Waals surface area contributed by atoms with Crippen molar-refractivity contribution >= 4 is 22.9 Å². The fourth-order valence-electron chi connectivity index (χ4n) is 2.65. The molecule has 0 fully saturated rings. The number of amides is 1. The van der Waals surface area contributed by atoms with E-state index in [4.69, 9.17) is 4.74 Å². The number of carbonyl (C=O) groups is 1. The third kappa shape index (κ3) is 4.44. The summed E-state index contributed by atoms with van der Waals surface area (Å²) in [6, 6.07) is 21.6. The largest absolute Gasteiger partial charge is 0.494 e. The van der Waals surface area contributed by atoms with Gasteiger partial charge in [0.15, 0.2) is 0 Å². The average molecular weight is 332 g/mol. The molecule has 126 valence electrons. The van der Waals surface area contributed by atoms with Crippen LogP contribution in [-0.4, -0.2) is 18.7 Å². The lowest BCUT2D eigenvalue weighted by atomic mass is 10.0. The predicted octanol–water partition coefficient (Wildman–Crippen LogP) is 3.93. The summed E-state index contributed by atoms with van der Waals surface area (Å²) in [7, 11) is 0. The minimum absolute atomic E-state index is 0.140. The minimum atomic E-state index is -0.140. The number of ether oxygens (including phenoxy) is 1. The zero-order valence-electron chi connectivity index (χ0n) is 14.1. The van der Waals surface area contributed by atoms with Crippen LogP contribution in [0.25, 0.3) is 10.8 Å². The molecule has 1 N–H and O–H groups in total. The Morgan fingerprint density at radius 1 is 1.04 bits per heavy atom. The Morgan fingerprint density at radius 3 is 2.60 bits per heavy atom. The second kappa shape index (κ2) is 8.11. The standard InChI is InChI=1S/C21H20N2O2/c1-2-25-19-12-10-16(11-13-19)15-22-23-21(24)14-18-8-5-7-17-6-3-4-9-20(17)18/h3-13,15H,2,14H2,1H3,(H,23,24). The number of hydrogen-bond donors (Lipinski definition) is 1. The van der Waals surface area contributed by atoms with Gasteiger partial charge in [-0.05, 0) is 53.1 Å². The van der Waals surface area contributed by atoms with Gasteiger partial charge in [0.1, 0.15) is 5.75 Å². The van der Waals surface area contributed by atoms with Crippen molar-refractivity contribution in [1.29, 1.82) is 0 Å². The molecular weight excluding hydrogens is 312 g/mol. The molecule has 0 saturated carbocycles. The van der Waals surface area contributed by atoms with Crippen molar-refractivity contribution in [1.82, 2.24) is 5.43 Å². The summed E-state index contributed by atoms with van der Waals surface area (Å²) in [6.07, 6.45) is 1.92. The lowest BCUT2D eigenvalue weighted by Crippen LogP contribution is -2.19. The van der Waals surface area contributed by atoms with Gasteiger partial charge in [0, 0.05) is 0 Å². The molecule has 0 aromatic heterocycles. The summed E-state index contributed by atoms with van der Waals surface area (Å²) in [5.74, 6) is 0.679. The number of nitrogens with zero attached hydrogens (tertiary/aromatic N) is 1. The second-order valence-corrected chi connectivity index (χ2v) is 5.61. The number of benzene rings is 3. The van der Waals surface area contributed by atoms with Gasteiger partial charge in [-0.2, -0.15) is 5.10 Å². The van der Waals surface area contributed by atoms with Gasteiger partial charge in [-0.25, -0.2) is 5.43 Å². The molecule has 0 saturated heterocycles. The van der Waals surface area contributed by atoms with Crippen LogP contribution in [0.5, 0.6) is 5.75 Å². The molecule has 0 bridgehead atoms. The van der Waals surface area contributed by atoms with E-state index in [0.29, 0.717) is 13.0 Å². The van der Waals surface area contributed by atoms with E-state index in [1.54, 1.807) is 6.21 Å². The second-order valence-electron chi connectivity index (χ2n) is 5.61. The van der Waals surface area contributed by atoms with Crippen LogP contribution in [-0.2, 0) is 11.2 Å². The number of hydrogen-bond acceptors (Lipinski definition) is 3. The van der Waals surface area contributed by atoms with Crippen molar-refractivity contribution in [2.75, 3.05) is 6.61 Å². The first kappa shape index (κ1) is 16.7. The van der Waals surface area contributed by atoms with E-state index >= 15 is 0 Å². The Hall–Kier alpha value is -3.14. The molecule has 4 heteroatoms. The molecule has 25 heavy (non-hydrogen) atoms. The van der Waals surface area contributed by atoms with E-state index in [9.17, 15) is 4.79 Å². The van der Waals surface area contributed by atoms with Crippen LogP contribution < -0.4 is 10.2 Å². The Kier molecular flexibility index (Phi) is 5.42. The predicted molar refractivity (Wildman–Crippen MR) is 101 cm³/mol. The van der Waals surface area contributed by atoms with Crippen LogP contribution in [0.15, 0.2) is 71.8 Å². The Bertz CT molecular complexity index is 881. The van der Waals surface area contributed by atoms with Crippen LogP contribution in [0.4, 0.5) is 0 Å². The van der Waals surface area contributed by atoms with Gasteiger partial charge in [-0.15, -0.1) is 0 Å². The molecule has 4 nitrogen and oxygen atoms in total. The molecule has 3 aromatic rings. The van der Waals surface area contributed by atoms with Crippen molar-refractivity contribution in [3.05, 3.63) is 77.9 Å². The molecule has 0 atom stereocenters. The van der Waals surface area contributed by atoms with Crippen LogP contribution >= 0.6 is 0 Å². The summed E-state index contributed by atoms with van der Waals surface area (Å²) in [5.41, 5.74) is 4.47. The van der Waals surface area contributed by atoms with Crippen LogP contribution in [0.2, 0.25) is 0 Å². The molecule has 0 aliphatic rings. The van der Waals surface area contributed by atoms with Gasteiger partial charge < -0.3 is 4.74 Å². The summed E-state index contributed by atoms with van der Waals surface area (Å²) in [4.78, 5) is 12.1. The molecule has 0 aliphatic carbocycles. The SMILES string of the molecule is CCOc1ccc(C=NNC(=O)Cc2cccc3ccccc23)cc1. The fourth-order valence-corrected chi connectivity index (χ4v) is 2.65. The fraction of sp³-hybridized carbons (Fsp3) is 0.143. The van der Waals surface area contributed by atoms with Crippen LogP contribution in [0.3, 0.4) is 0 Å². The molecule has 3 aromatic carbocycles. The topological polar surface area (TPSA) is 50.7 Å². The minimum Gasteiger partial charge on any atom is -0.494 e. The van der Waals surface area contributed by atoms with Crippen LogP contribution in [0.1, 0.15) is 18.1 Å². The van der Waals surface area contributed by atoms with Crippen molar-refractivity contribution < 1.29 is 9.53 Å². The van der Waals surface area contributed by atoms with E-state index in [0.717, 1.165) is 27.6 Å². The van der Waals surface area contributed by atoms with E-state index in [1.165, 1.54) is 0 Å². The van der Waals surface area contributed by atoms with Gasteiger partial charge in [-0.3, -0.25) is 4.79 Å². The summed E-state index contributed by atoms with van der Waals surface area (Å²) in [5, 5.41) is 6.25. The highest BCUT2D eigenvalue weighted by molar-refractivity contribution is 5.90. The first-order valence-corrected chi connectivity index (χ1v) is 8.27. The number of hydrazone groups is 1. The van der Waals surface area contributed by atoms with Crippen molar-refractivity contribution in [3.63, 3.8) is 0 Å². The van der Waals surface area contributed by atoms with E-state index in [2.05, 4.69) is 10.5 Å². The Morgan fingerprint density at radius 2 is 1.80 bits per heavy atom. The molecule has 0 aliphatic heterocycles. The molecule has 1 amide bonds. The van der Waals surface area contributed by atoms with E-state index in [1.807, 2.05) is 73.7 Å². The average Bonchev–Trinajstić information content (AvgIpc) is 2.64. The lowest BCUT2D eigenvalue weighted by molar-refractivity contribution is -0.120. The number of carbonyl (C=O) groups excluding carboxylic acids is 1. The van der Waals surface area contributed by atoms with Crippen molar-refractivity contribution in [2.24, 2.45) is 5.10 Å². The monoisotopic (exact) mass is 332 g/mol. The maximum absolute atomic E-state index is 12.1.